The second-order valence-corrected chi connectivity index (χ2v) is 4.96. The predicted molar refractivity (Wildman–Crippen MR) is 82.9 cm³/mol. The van der Waals surface area contributed by atoms with Crippen LogP contribution in [0.2, 0.25) is 5.02 Å². The van der Waals surface area contributed by atoms with E-state index in [1.54, 1.807) is 12.1 Å². The van der Waals surface area contributed by atoms with E-state index in [2.05, 4.69) is 0 Å². The number of nitrogen functional groups attached to an aromatic ring is 1. The lowest BCUT2D eigenvalue weighted by molar-refractivity contribution is 0.100. The van der Waals surface area contributed by atoms with Crippen LogP contribution < -0.4 is 16.4 Å². The van der Waals surface area contributed by atoms with Crippen molar-refractivity contribution in [2.45, 2.75) is 6.54 Å². The van der Waals surface area contributed by atoms with Gasteiger partial charge in [-0.05, 0) is 23.8 Å². The van der Waals surface area contributed by atoms with Crippen LogP contribution in [0.1, 0.15) is 15.9 Å². The molecule has 0 unspecified atom stereocenters. The number of nitrogens with zero attached hydrogens (tertiary/aromatic N) is 1. The maximum Gasteiger partial charge on any atom is 0.250 e. The van der Waals surface area contributed by atoms with Crippen LogP contribution in [0.5, 0.6) is 0 Å². The minimum atomic E-state index is -0.532. The lowest BCUT2D eigenvalue weighted by Crippen LogP contribution is -2.20. The van der Waals surface area contributed by atoms with Gasteiger partial charge in [0, 0.05) is 18.6 Å². The van der Waals surface area contributed by atoms with Crippen LogP contribution in [0, 0.1) is 0 Å². The van der Waals surface area contributed by atoms with Gasteiger partial charge in [0.15, 0.2) is 0 Å². The summed E-state index contributed by atoms with van der Waals surface area (Å²) >= 11 is 6.15. The van der Waals surface area contributed by atoms with Crippen LogP contribution in [0.15, 0.2) is 42.5 Å². The average molecular weight is 290 g/mol. The van der Waals surface area contributed by atoms with E-state index in [9.17, 15) is 4.79 Å². The lowest BCUT2D eigenvalue weighted by Gasteiger charge is -2.22. The monoisotopic (exact) mass is 289 g/mol. The Kier molecular flexibility index (Phi) is 4.15. The third kappa shape index (κ3) is 2.86. The first-order valence-corrected chi connectivity index (χ1v) is 6.51. The number of primary amides is 1. The molecule has 0 radical (unpaired) electrons. The maximum atomic E-state index is 11.3. The van der Waals surface area contributed by atoms with Gasteiger partial charge in [0.1, 0.15) is 0 Å². The highest BCUT2D eigenvalue weighted by Gasteiger charge is 2.13. The highest BCUT2D eigenvalue weighted by atomic mass is 35.5. The fourth-order valence-corrected chi connectivity index (χ4v) is 2.26. The summed E-state index contributed by atoms with van der Waals surface area (Å²) in [6.07, 6.45) is 0. The molecule has 0 saturated heterocycles. The molecule has 4 N–H and O–H groups in total. The second kappa shape index (κ2) is 5.84. The zero-order chi connectivity index (χ0) is 14.7. The van der Waals surface area contributed by atoms with E-state index in [0.717, 1.165) is 11.3 Å². The fourth-order valence-electron chi connectivity index (χ4n) is 2.07. The standard InChI is InChI=1S/C15H16ClN3O/c1-19(9-10-5-2-3-7-12(10)16)13-8-4-6-11(14(13)17)15(18)20/h2-8H,9,17H2,1H3,(H2,18,20). The van der Waals surface area contributed by atoms with Gasteiger partial charge in [0.05, 0.1) is 16.9 Å². The van der Waals surface area contributed by atoms with Crippen LogP contribution in [0.3, 0.4) is 0 Å². The van der Waals surface area contributed by atoms with Gasteiger partial charge in [-0.25, -0.2) is 0 Å². The molecule has 0 aromatic heterocycles. The molecule has 0 aliphatic rings. The number of amides is 1. The average Bonchev–Trinajstić information content (AvgIpc) is 2.41. The Hall–Kier alpha value is -2.20. The topological polar surface area (TPSA) is 72.3 Å². The Morgan fingerprint density at radius 3 is 2.55 bits per heavy atom. The Labute approximate surface area is 122 Å². The molecule has 0 saturated carbocycles. The van der Waals surface area contributed by atoms with Crippen LogP contribution >= 0.6 is 11.6 Å². The van der Waals surface area contributed by atoms with E-state index in [1.807, 2.05) is 42.3 Å². The number of hydrogen-bond acceptors (Lipinski definition) is 3. The minimum Gasteiger partial charge on any atom is -0.396 e. The number of anilines is 2. The summed E-state index contributed by atoms with van der Waals surface area (Å²) in [5.41, 5.74) is 13.8. The molecule has 5 heteroatoms. The third-order valence-electron chi connectivity index (χ3n) is 3.13. The molecule has 0 aliphatic heterocycles. The Morgan fingerprint density at radius 2 is 1.90 bits per heavy atom. The molecule has 1 amide bonds. The second-order valence-electron chi connectivity index (χ2n) is 4.55. The molecule has 20 heavy (non-hydrogen) atoms. The molecule has 0 aliphatic carbocycles. The summed E-state index contributed by atoms with van der Waals surface area (Å²) in [6, 6.07) is 12.8. The van der Waals surface area contributed by atoms with Gasteiger partial charge in [0.2, 0.25) is 0 Å². The highest BCUT2D eigenvalue weighted by molar-refractivity contribution is 6.31. The van der Waals surface area contributed by atoms with Gasteiger partial charge < -0.3 is 16.4 Å². The number of benzene rings is 2. The molecule has 104 valence electrons. The zero-order valence-electron chi connectivity index (χ0n) is 11.1. The van der Waals surface area contributed by atoms with E-state index in [4.69, 9.17) is 23.1 Å². The highest BCUT2D eigenvalue weighted by Crippen LogP contribution is 2.28. The normalized spacial score (nSPS) is 10.3. The van der Waals surface area contributed by atoms with Gasteiger partial charge >= 0.3 is 0 Å². The third-order valence-corrected chi connectivity index (χ3v) is 3.49. The first-order valence-electron chi connectivity index (χ1n) is 6.13. The SMILES string of the molecule is CN(Cc1ccccc1Cl)c1cccc(C(N)=O)c1N. The van der Waals surface area contributed by atoms with E-state index >= 15 is 0 Å². The summed E-state index contributed by atoms with van der Waals surface area (Å²) in [4.78, 5) is 13.2. The van der Waals surface area contributed by atoms with E-state index < -0.39 is 5.91 Å². The zero-order valence-corrected chi connectivity index (χ0v) is 11.9. The van der Waals surface area contributed by atoms with Crippen LogP contribution in [-0.2, 0) is 6.54 Å². The Morgan fingerprint density at radius 1 is 1.20 bits per heavy atom. The van der Waals surface area contributed by atoms with Gasteiger partial charge in [-0.15, -0.1) is 0 Å². The first kappa shape index (κ1) is 14.2. The quantitative estimate of drug-likeness (QED) is 0.850. The fraction of sp³-hybridized carbons (Fsp3) is 0.133. The van der Waals surface area contributed by atoms with Crippen molar-refractivity contribution < 1.29 is 4.79 Å². The van der Waals surface area contributed by atoms with Gasteiger partial charge in [-0.1, -0.05) is 35.9 Å². The van der Waals surface area contributed by atoms with Gasteiger partial charge in [-0.2, -0.15) is 0 Å². The van der Waals surface area contributed by atoms with Crippen molar-refractivity contribution in [1.82, 2.24) is 0 Å². The molecule has 0 bridgehead atoms. The Bertz CT molecular complexity index is 643. The van der Waals surface area contributed by atoms with Crippen molar-refractivity contribution in [2.75, 3.05) is 17.7 Å². The van der Waals surface area contributed by atoms with Crippen molar-refractivity contribution in [1.29, 1.82) is 0 Å². The molecule has 4 nitrogen and oxygen atoms in total. The summed E-state index contributed by atoms with van der Waals surface area (Å²) in [6.45, 7) is 0.589. The van der Waals surface area contributed by atoms with E-state index in [1.165, 1.54) is 0 Å². The van der Waals surface area contributed by atoms with Crippen molar-refractivity contribution in [3.05, 3.63) is 58.6 Å². The number of halogens is 1. The first-order chi connectivity index (χ1) is 9.50. The van der Waals surface area contributed by atoms with Crippen molar-refractivity contribution in [2.24, 2.45) is 5.73 Å². The summed E-state index contributed by atoms with van der Waals surface area (Å²) < 4.78 is 0. The number of para-hydroxylation sites is 1. The largest absolute Gasteiger partial charge is 0.396 e. The smallest absolute Gasteiger partial charge is 0.250 e. The van der Waals surface area contributed by atoms with Crippen molar-refractivity contribution >= 4 is 28.9 Å². The minimum absolute atomic E-state index is 0.327. The molecule has 2 aromatic carbocycles. The summed E-state index contributed by atoms with van der Waals surface area (Å²) in [5.74, 6) is -0.532. The van der Waals surface area contributed by atoms with E-state index in [-0.39, 0.29) is 0 Å². The van der Waals surface area contributed by atoms with E-state index in [0.29, 0.717) is 22.8 Å². The number of hydrogen-bond donors (Lipinski definition) is 2. The van der Waals surface area contributed by atoms with Crippen LogP contribution in [-0.4, -0.2) is 13.0 Å². The summed E-state index contributed by atoms with van der Waals surface area (Å²) in [7, 11) is 1.89. The number of carbonyl (C=O) groups excluding carboxylic acids is 1. The molecule has 2 aromatic rings. The maximum absolute atomic E-state index is 11.3. The number of nitrogens with two attached hydrogens (primary N) is 2. The number of rotatable bonds is 4. The van der Waals surface area contributed by atoms with Crippen LogP contribution in [0.4, 0.5) is 11.4 Å². The predicted octanol–water partition coefficient (Wildman–Crippen LogP) is 2.66. The number of carbonyl (C=O) groups is 1. The molecule has 2 rings (SSSR count). The lowest BCUT2D eigenvalue weighted by atomic mass is 10.1. The van der Waals surface area contributed by atoms with Crippen molar-refractivity contribution in [3.63, 3.8) is 0 Å². The molecule has 0 heterocycles. The molecule has 0 fully saturated rings. The van der Waals surface area contributed by atoms with Gasteiger partial charge in [-0.3, -0.25) is 4.79 Å². The molecule has 0 spiro atoms. The molecular formula is C15H16ClN3O. The van der Waals surface area contributed by atoms with Gasteiger partial charge in [0.25, 0.3) is 5.91 Å². The molecule has 0 atom stereocenters. The molecular weight excluding hydrogens is 274 g/mol. The van der Waals surface area contributed by atoms with Crippen LogP contribution in [0.25, 0.3) is 0 Å². The Balaban J connectivity index is 2.30. The van der Waals surface area contributed by atoms with Crippen molar-refractivity contribution in [3.8, 4) is 0 Å². The summed E-state index contributed by atoms with van der Waals surface area (Å²) in [5, 5.41) is 0.698.